The van der Waals surface area contributed by atoms with Crippen molar-refractivity contribution in [2.45, 2.75) is 40.7 Å². The lowest BCUT2D eigenvalue weighted by molar-refractivity contribution is 0.293. The lowest BCUT2D eigenvalue weighted by atomic mass is 9.96. The smallest absolute Gasteiger partial charge is 0.0843 e. The van der Waals surface area contributed by atoms with Crippen molar-refractivity contribution in [2.24, 2.45) is 11.0 Å². The Balaban J connectivity index is 1.73. The number of hydrogen-bond donors (Lipinski definition) is 0. The Morgan fingerprint density at radius 2 is 1.30 bits per heavy atom. The molecule has 0 aliphatic carbocycles. The molecule has 3 rings (SSSR count). The van der Waals surface area contributed by atoms with Crippen molar-refractivity contribution >= 4 is 23.7 Å². The fraction of sp³-hybridized carbons (Fsp3) is 0.423. The SMILES string of the molecule is CCN(CC)c1ccc(C=CN2N=CC(C)C2c2ccc(N(CC)CC)cc2)cc1. The summed E-state index contributed by atoms with van der Waals surface area (Å²) in [5, 5.41) is 6.75. The van der Waals surface area contributed by atoms with Gasteiger partial charge in [-0.2, -0.15) is 5.10 Å². The third kappa shape index (κ3) is 4.86. The van der Waals surface area contributed by atoms with E-state index in [1.165, 1.54) is 22.5 Å². The first kappa shape index (κ1) is 21.9. The Labute approximate surface area is 182 Å². The normalized spacial score (nSPS) is 18.4. The van der Waals surface area contributed by atoms with Crippen molar-refractivity contribution < 1.29 is 0 Å². The minimum absolute atomic E-state index is 0.238. The average Bonchev–Trinajstić information content (AvgIpc) is 3.15. The Bertz CT molecular complexity index is 830. The second-order valence-corrected chi connectivity index (χ2v) is 7.79. The second kappa shape index (κ2) is 10.3. The molecule has 2 aromatic carbocycles. The van der Waals surface area contributed by atoms with Crippen LogP contribution in [0.1, 0.15) is 51.8 Å². The van der Waals surface area contributed by atoms with Gasteiger partial charge < -0.3 is 9.80 Å². The summed E-state index contributed by atoms with van der Waals surface area (Å²) in [6.45, 7) is 15.1. The quantitative estimate of drug-likeness (QED) is 0.509. The monoisotopic (exact) mass is 404 g/mol. The minimum Gasteiger partial charge on any atom is -0.372 e. The molecular weight excluding hydrogens is 368 g/mol. The van der Waals surface area contributed by atoms with E-state index in [9.17, 15) is 0 Å². The molecule has 2 atom stereocenters. The Kier molecular flexibility index (Phi) is 7.56. The second-order valence-electron chi connectivity index (χ2n) is 7.79. The molecule has 1 aliphatic rings. The van der Waals surface area contributed by atoms with Crippen LogP contribution in [0, 0.1) is 5.92 Å². The summed E-state index contributed by atoms with van der Waals surface area (Å²) in [5.41, 5.74) is 5.05. The molecule has 2 unspecified atom stereocenters. The van der Waals surface area contributed by atoms with E-state index in [1.807, 2.05) is 0 Å². The fourth-order valence-electron chi connectivity index (χ4n) is 4.18. The molecule has 0 N–H and O–H groups in total. The number of hydrazone groups is 1. The molecule has 30 heavy (non-hydrogen) atoms. The molecule has 0 radical (unpaired) electrons. The highest BCUT2D eigenvalue weighted by Crippen LogP contribution is 2.34. The van der Waals surface area contributed by atoms with Gasteiger partial charge >= 0.3 is 0 Å². The molecule has 0 saturated heterocycles. The maximum atomic E-state index is 4.65. The van der Waals surface area contributed by atoms with Crippen LogP contribution in [0.3, 0.4) is 0 Å². The van der Waals surface area contributed by atoms with Gasteiger partial charge in [0, 0.05) is 55.9 Å². The minimum atomic E-state index is 0.238. The number of anilines is 2. The molecule has 0 aromatic heterocycles. The van der Waals surface area contributed by atoms with Crippen LogP contribution in [-0.2, 0) is 0 Å². The summed E-state index contributed by atoms with van der Waals surface area (Å²) in [4.78, 5) is 4.73. The van der Waals surface area contributed by atoms with Crippen LogP contribution in [0.5, 0.6) is 0 Å². The summed E-state index contributed by atoms with van der Waals surface area (Å²) in [6.07, 6.45) is 6.31. The predicted octanol–water partition coefficient (Wildman–Crippen LogP) is 6.03. The zero-order valence-electron chi connectivity index (χ0n) is 19.1. The molecule has 1 heterocycles. The first-order chi connectivity index (χ1) is 14.6. The van der Waals surface area contributed by atoms with Gasteiger partial charge in [0.15, 0.2) is 0 Å². The van der Waals surface area contributed by atoms with Crippen molar-refractivity contribution in [3.05, 3.63) is 65.9 Å². The molecule has 160 valence electrons. The maximum Gasteiger partial charge on any atom is 0.0843 e. The first-order valence-electron chi connectivity index (χ1n) is 11.3. The number of hydrogen-bond acceptors (Lipinski definition) is 4. The molecule has 0 fully saturated rings. The van der Waals surface area contributed by atoms with E-state index >= 15 is 0 Å². The van der Waals surface area contributed by atoms with Gasteiger partial charge in [-0.05, 0) is 69.2 Å². The van der Waals surface area contributed by atoms with E-state index in [2.05, 4.69) is 122 Å². The van der Waals surface area contributed by atoms with Crippen molar-refractivity contribution in [3.8, 4) is 0 Å². The van der Waals surface area contributed by atoms with Crippen molar-refractivity contribution in [2.75, 3.05) is 36.0 Å². The van der Waals surface area contributed by atoms with E-state index < -0.39 is 0 Å². The molecule has 4 heteroatoms. The fourth-order valence-corrected chi connectivity index (χ4v) is 4.18. The van der Waals surface area contributed by atoms with Gasteiger partial charge in [-0.1, -0.05) is 31.2 Å². The summed E-state index contributed by atoms with van der Waals surface area (Å²) in [7, 11) is 0. The standard InChI is InChI=1S/C26H36N4/c1-6-28(7-2)24-14-10-22(11-15-24)18-19-30-26(21(5)20-27-30)23-12-16-25(17-13-23)29(8-3)9-4/h10-21,26H,6-9H2,1-5H3. The van der Waals surface area contributed by atoms with Gasteiger partial charge in [0.05, 0.1) is 6.04 Å². The number of nitrogens with zero attached hydrogens (tertiary/aromatic N) is 4. The van der Waals surface area contributed by atoms with E-state index in [1.54, 1.807) is 0 Å². The summed E-state index contributed by atoms with van der Waals surface area (Å²) in [5.74, 6) is 0.374. The van der Waals surface area contributed by atoms with Gasteiger partial charge in [-0.15, -0.1) is 0 Å². The van der Waals surface area contributed by atoms with E-state index in [-0.39, 0.29) is 6.04 Å². The number of rotatable bonds is 9. The van der Waals surface area contributed by atoms with Gasteiger partial charge in [0.1, 0.15) is 0 Å². The molecule has 1 aliphatic heterocycles. The zero-order valence-corrected chi connectivity index (χ0v) is 19.1. The van der Waals surface area contributed by atoms with Crippen LogP contribution in [0.2, 0.25) is 0 Å². The van der Waals surface area contributed by atoms with Gasteiger partial charge in [0.25, 0.3) is 0 Å². The van der Waals surface area contributed by atoms with Crippen LogP contribution >= 0.6 is 0 Å². The zero-order chi connectivity index (χ0) is 21.5. The van der Waals surface area contributed by atoms with E-state index in [4.69, 9.17) is 0 Å². The lowest BCUT2D eigenvalue weighted by Crippen LogP contribution is -2.22. The maximum absolute atomic E-state index is 4.65. The van der Waals surface area contributed by atoms with Crippen molar-refractivity contribution in [1.82, 2.24) is 5.01 Å². The third-order valence-corrected chi connectivity index (χ3v) is 6.02. The molecule has 4 nitrogen and oxygen atoms in total. The van der Waals surface area contributed by atoms with Crippen molar-refractivity contribution in [3.63, 3.8) is 0 Å². The molecule has 0 bridgehead atoms. The van der Waals surface area contributed by atoms with E-state index in [0.29, 0.717) is 5.92 Å². The highest BCUT2D eigenvalue weighted by atomic mass is 15.5. The van der Waals surface area contributed by atoms with Crippen molar-refractivity contribution in [1.29, 1.82) is 0 Å². The predicted molar refractivity (Wildman–Crippen MR) is 131 cm³/mol. The molecular formula is C26H36N4. The Morgan fingerprint density at radius 3 is 1.80 bits per heavy atom. The average molecular weight is 405 g/mol. The largest absolute Gasteiger partial charge is 0.372 e. The van der Waals surface area contributed by atoms with Crippen LogP contribution in [-0.4, -0.2) is 37.4 Å². The van der Waals surface area contributed by atoms with Crippen LogP contribution in [0.15, 0.2) is 59.8 Å². The molecule has 0 saturated carbocycles. The highest BCUT2D eigenvalue weighted by Gasteiger charge is 2.28. The summed E-state index contributed by atoms with van der Waals surface area (Å²) >= 11 is 0. The molecule has 0 spiro atoms. The lowest BCUT2D eigenvalue weighted by Gasteiger charge is -2.26. The van der Waals surface area contributed by atoms with Crippen LogP contribution < -0.4 is 9.80 Å². The van der Waals surface area contributed by atoms with E-state index in [0.717, 1.165) is 26.2 Å². The Morgan fingerprint density at radius 1 is 0.800 bits per heavy atom. The first-order valence-corrected chi connectivity index (χ1v) is 11.3. The third-order valence-electron chi connectivity index (χ3n) is 6.02. The summed E-state index contributed by atoms with van der Waals surface area (Å²) in [6, 6.07) is 18.0. The topological polar surface area (TPSA) is 22.1 Å². The highest BCUT2D eigenvalue weighted by molar-refractivity contribution is 5.65. The Hall–Kier alpha value is -2.75. The van der Waals surface area contributed by atoms with Gasteiger partial charge in [-0.25, -0.2) is 0 Å². The van der Waals surface area contributed by atoms with Crippen LogP contribution in [0.25, 0.3) is 6.08 Å². The molecule has 2 aromatic rings. The number of benzene rings is 2. The van der Waals surface area contributed by atoms with Gasteiger partial charge in [0.2, 0.25) is 0 Å². The van der Waals surface area contributed by atoms with Gasteiger partial charge in [-0.3, -0.25) is 5.01 Å². The van der Waals surface area contributed by atoms with Crippen LogP contribution in [0.4, 0.5) is 11.4 Å². The molecule has 0 amide bonds. The summed E-state index contributed by atoms with van der Waals surface area (Å²) < 4.78 is 0.